The number of anilines is 4. The van der Waals surface area contributed by atoms with E-state index >= 15 is 0 Å². The van der Waals surface area contributed by atoms with Gasteiger partial charge in [0.25, 0.3) is 0 Å². The second kappa shape index (κ2) is 10.8. The van der Waals surface area contributed by atoms with Gasteiger partial charge < -0.3 is 35.6 Å². The highest BCUT2D eigenvalue weighted by Crippen LogP contribution is 2.36. The van der Waals surface area contributed by atoms with Crippen molar-refractivity contribution in [3.05, 3.63) is 29.0 Å². The fourth-order valence-electron chi connectivity index (χ4n) is 3.40. The van der Waals surface area contributed by atoms with Crippen molar-refractivity contribution in [3.8, 4) is 5.75 Å². The Labute approximate surface area is 188 Å². The summed E-state index contributed by atoms with van der Waals surface area (Å²) in [6.45, 7) is 3.85. The third-order valence-electron chi connectivity index (χ3n) is 5.18. The molecule has 9 nitrogen and oxygen atoms in total. The molecule has 2 aromatic rings. The number of hydrogen-bond donors (Lipinski definition) is 3. The van der Waals surface area contributed by atoms with Gasteiger partial charge in [-0.25, -0.2) is 9.97 Å². The number of nitrogens with two attached hydrogens (primary N) is 1. The lowest BCUT2D eigenvalue weighted by Crippen LogP contribution is -2.29. The van der Waals surface area contributed by atoms with Gasteiger partial charge >= 0.3 is 0 Å². The maximum Gasteiger partial charge on any atom is 0.227 e. The van der Waals surface area contributed by atoms with Gasteiger partial charge in [-0.2, -0.15) is 0 Å². The Morgan fingerprint density at radius 3 is 2.84 bits per heavy atom. The molecular weight excluding hydrogens is 418 g/mol. The van der Waals surface area contributed by atoms with Crippen molar-refractivity contribution in [1.82, 2.24) is 20.2 Å². The van der Waals surface area contributed by atoms with Crippen molar-refractivity contribution in [2.45, 2.75) is 12.5 Å². The van der Waals surface area contributed by atoms with Gasteiger partial charge in [0.05, 0.1) is 53.7 Å². The van der Waals surface area contributed by atoms with E-state index in [0.29, 0.717) is 41.3 Å². The molecular formula is C21H32ClN7O2. The van der Waals surface area contributed by atoms with E-state index in [1.807, 2.05) is 33.3 Å². The molecule has 1 aliphatic heterocycles. The predicted octanol–water partition coefficient (Wildman–Crippen LogP) is 2.51. The van der Waals surface area contributed by atoms with Crippen molar-refractivity contribution in [1.29, 1.82) is 0 Å². The van der Waals surface area contributed by atoms with Crippen molar-refractivity contribution in [2.24, 2.45) is 0 Å². The molecule has 170 valence electrons. The molecule has 1 atom stereocenters. The topological polar surface area (TPSA) is 101 Å². The fourth-order valence-corrected chi connectivity index (χ4v) is 3.63. The summed E-state index contributed by atoms with van der Waals surface area (Å²) >= 11 is 6.39. The molecule has 0 aliphatic carbocycles. The zero-order valence-electron chi connectivity index (χ0n) is 18.6. The highest BCUT2D eigenvalue weighted by molar-refractivity contribution is 6.31. The van der Waals surface area contributed by atoms with Gasteiger partial charge in [0.15, 0.2) is 0 Å². The van der Waals surface area contributed by atoms with Crippen LogP contribution in [0, 0.1) is 0 Å². The lowest BCUT2D eigenvalue weighted by Gasteiger charge is -2.24. The first-order valence-corrected chi connectivity index (χ1v) is 10.7. The van der Waals surface area contributed by atoms with Gasteiger partial charge in [-0.1, -0.05) is 11.6 Å². The van der Waals surface area contributed by atoms with E-state index in [4.69, 9.17) is 26.8 Å². The number of ether oxygens (including phenoxy) is 2. The maximum absolute atomic E-state index is 6.39. The van der Waals surface area contributed by atoms with E-state index in [2.05, 4.69) is 30.4 Å². The van der Waals surface area contributed by atoms with Crippen molar-refractivity contribution in [2.75, 3.05) is 77.1 Å². The molecule has 0 radical (unpaired) electrons. The summed E-state index contributed by atoms with van der Waals surface area (Å²) in [6.07, 6.45) is 2.40. The molecule has 1 fully saturated rings. The largest absolute Gasteiger partial charge is 0.494 e. The van der Waals surface area contributed by atoms with E-state index in [1.54, 1.807) is 13.3 Å². The average Bonchev–Trinajstić information content (AvgIpc) is 3.03. The molecule has 1 aromatic carbocycles. The Kier molecular flexibility index (Phi) is 8.14. The van der Waals surface area contributed by atoms with Crippen molar-refractivity contribution >= 4 is 34.6 Å². The van der Waals surface area contributed by atoms with Gasteiger partial charge in [-0.3, -0.25) is 0 Å². The minimum Gasteiger partial charge on any atom is -0.494 e. The van der Waals surface area contributed by atoms with Crippen LogP contribution in [0.3, 0.4) is 0 Å². The van der Waals surface area contributed by atoms with E-state index in [0.717, 1.165) is 37.4 Å². The minimum atomic E-state index is 0.0123. The number of likely N-dealkylation sites (N-methyl/N-ethyl adjacent to an activating group) is 2. The van der Waals surface area contributed by atoms with Crippen LogP contribution in [0.2, 0.25) is 5.02 Å². The van der Waals surface area contributed by atoms with Crippen LogP contribution in [0.5, 0.6) is 5.75 Å². The highest BCUT2D eigenvalue weighted by atomic mass is 35.5. The van der Waals surface area contributed by atoms with Gasteiger partial charge in [0.1, 0.15) is 5.75 Å². The van der Waals surface area contributed by atoms with Crippen LogP contribution < -0.4 is 26.0 Å². The van der Waals surface area contributed by atoms with Gasteiger partial charge in [0, 0.05) is 39.4 Å². The first kappa shape index (κ1) is 23.3. The molecule has 0 spiro atoms. The molecule has 0 bridgehead atoms. The predicted molar refractivity (Wildman–Crippen MR) is 126 cm³/mol. The van der Waals surface area contributed by atoms with Crippen LogP contribution in [0.15, 0.2) is 18.3 Å². The summed E-state index contributed by atoms with van der Waals surface area (Å²) in [4.78, 5) is 13.2. The van der Waals surface area contributed by atoms with Crippen LogP contribution >= 0.6 is 11.6 Å². The highest BCUT2D eigenvalue weighted by Gasteiger charge is 2.20. The fraction of sp³-hybridized carbons (Fsp3) is 0.524. The Bertz CT molecular complexity index is 873. The molecule has 31 heavy (non-hydrogen) atoms. The normalized spacial score (nSPS) is 16.8. The lowest BCUT2D eigenvalue weighted by atomic mass is 10.1. The standard InChI is InChI=1S/C21H32ClN7O2/c1-28(2)7-8-29(3)18-12-19(30-4)17(11-15(18)23)26-21-25-13-14(22)20(27-21)16-5-9-31-10-6-24-16/h11-13,16,24H,5-10,23H2,1-4H3,(H,25,26,27). The second-order valence-electron chi connectivity index (χ2n) is 7.80. The van der Waals surface area contributed by atoms with E-state index in [-0.39, 0.29) is 6.04 Å². The van der Waals surface area contributed by atoms with Crippen LogP contribution in [-0.2, 0) is 4.74 Å². The van der Waals surface area contributed by atoms with Crippen LogP contribution in [0.4, 0.5) is 23.0 Å². The Hall–Kier alpha value is -2.33. The number of aromatic nitrogens is 2. The van der Waals surface area contributed by atoms with Crippen LogP contribution in [0.25, 0.3) is 0 Å². The molecule has 10 heteroatoms. The molecule has 1 aliphatic rings. The second-order valence-corrected chi connectivity index (χ2v) is 8.20. The van der Waals surface area contributed by atoms with E-state index in [1.165, 1.54) is 0 Å². The monoisotopic (exact) mass is 449 g/mol. The number of rotatable bonds is 8. The third-order valence-corrected chi connectivity index (χ3v) is 5.47. The number of methoxy groups -OCH3 is 1. The quantitative estimate of drug-likeness (QED) is 0.524. The summed E-state index contributed by atoms with van der Waals surface area (Å²) < 4.78 is 11.1. The first-order valence-electron chi connectivity index (χ1n) is 10.3. The summed E-state index contributed by atoms with van der Waals surface area (Å²) in [5.41, 5.74) is 9.34. The average molecular weight is 450 g/mol. The molecule has 1 aromatic heterocycles. The SMILES string of the molecule is COc1cc(N(C)CCN(C)C)c(N)cc1Nc1ncc(Cl)c(C2CCOCCN2)n1. The Morgan fingerprint density at radius 1 is 1.29 bits per heavy atom. The number of nitrogens with one attached hydrogen (secondary N) is 2. The number of hydrogen-bond acceptors (Lipinski definition) is 9. The zero-order chi connectivity index (χ0) is 22.4. The molecule has 4 N–H and O–H groups in total. The van der Waals surface area contributed by atoms with Crippen molar-refractivity contribution < 1.29 is 9.47 Å². The van der Waals surface area contributed by atoms with Gasteiger partial charge in [-0.15, -0.1) is 0 Å². The summed E-state index contributed by atoms with van der Waals surface area (Å²) in [5.74, 6) is 1.08. The lowest BCUT2D eigenvalue weighted by molar-refractivity contribution is 0.150. The van der Waals surface area contributed by atoms with Gasteiger partial charge in [-0.05, 0) is 26.6 Å². The number of nitrogens with zero attached hydrogens (tertiary/aromatic N) is 4. The summed E-state index contributed by atoms with van der Waals surface area (Å²) in [5, 5.41) is 7.17. The summed E-state index contributed by atoms with van der Waals surface area (Å²) in [7, 11) is 7.73. The Morgan fingerprint density at radius 2 is 2.10 bits per heavy atom. The Balaban J connectivity index is 1.83. The van der Waals surface area contributed by atoms with Crippen LogP contribution in [0.1, 0.15) is 18.2 Å². The molecule has 0 saturated carbocycles. The molecule has 2 heterocycles. The number of halogens is 1. The van der Waals surface area contributed by atoms with Crippen molar-refractivity contribution in [3.63, 3.8) is 0 Å². The van der Waals surface area contributed by atoms with Gasteiger partial charge in [0.2, 0.25) is 5.95 Å². The molecule has 1 unspecified atom stereocenters. The molecule has 1 saturated heterocycles. The smallest absolute Gasteiger partial charge is 0.227 e. The summed E-state index contributed by atoms with van der Waals surface area (Å²) in [6, 6.07) is 3.78. The zero-order valence-corrected chi connectivity index (χ0v) is 19.4. The number of benzene rings is 1. The third kappa shape index (κ3) is 6.10. The molecule has 0 amide bonds. The minimum absolute atomic E-state index is 0.0123. The number of nitrogen functional groups attached to an aromatic ring is 1. The van der Waals surface area contributed by atoms with Crippen LogP contribution in [-0.4, -0.2) is 76.0 Å². The maximum atomic E-state index is 6.39. The van der Waals surface area contributed by atoms with E-state index in [9.17, 15) is 0 Å². The molecule has 3 rings (SSSR count). The van der Waals surface area contributed by atoms with E-state index < -0.39 is 0 Å². The first-order chi connectivity index (χ1) is 14.9.